The van der Waals surface area contributed by atoms with Crippen LogP contribution in [-0.2, 0) is 31.2 Å². The minimum absolute atomic E-state index is 0.453. The van der Waals surface area contributed by atoms with Crippen LogP contribution in [0.15, 0.2) is 24.3 Å². The van der Waals surface area contributed by atoms with E-state index in [1.807, 2.05) is 38.2 Å². The second-order valence-electron chi connectivity index (χ2n) is 6.25. The molecule has 1 heterocycles. The van der Waals surface area contributed by atoms with Gasteiger partial charge in [-0.3, -0.25) is 10.1 Å². The zero-order valence-electron chi connectivity index (χ0n) is 13.7. The molecule has 1 aliphatic rings. The zero-order valence-corrected chi connectivity index (χ0v) is 13.7. The Hall–Kier alpha value is -2.14. The molecule has 0 saturated carbocycles. The Kier molecular flexibility index (Phi) is 4.48. The van der Waals surface area contributed by atoms with Crippen LogP contribution in [0.3, 0.4) is 0 Å². The monoisotopic (exact) mass is 313 g/mol. The molecule has 5 heteroatoms. The highest BCUT2D eigenvalue weighted by Crippen LogP contribution is 2.22. The molecule has 5 nitrogen and oxygen atoms in total. The smallest absolute Gasteiger partial charge is 0.325 e. The quantitative estimate of drug-likeness (QED) is 0.890. The van der Waals surface area contributed by atoms with E-state index in [9.17, 15) is 9.90 Å². The van der Waals surface area contributed by atoms with E-state index in [0.29, 0.717) is 6.54 Å². The molecule has 1 atom stereocenters. The summed E-state index contributed by atoms with van der Waals surface area (Å²) in [5.41, 5.74) is 4.31. The highest BCUT2D eigenvalue weighted by Gasteiger charge is 2.22. The third-order valence-corrected chi connectivity index (χ3v) is 4.55. The molecule has 0 aliphatic heterocycles. The van der Waals surface area contributed by atoms with Crippen molar-refractivity contribution < 1.29 is 9.90 Å². The Morgan fingerprint density at radius 3 is 2.87 bits per heavy atom. The number of hydrogen-bond acceptors (Lipinski definition) is 3. The highest BCUT2D eigenvalue weighted by molar-refractivity contribution is 5.75. The highest BCUT2D eigenvalue weighted by atomic mass is 16.4. The van der Waals surface area contributed by atoms with Crippen LogP contribution in [0, 0.1) is 6.92 Å². The molecule has 2 N–H and O–H groups in total. The summed E-state index contributed by atoms with van der Waals surface area (Å²) >= 11 is 0. The van der Waals surface area contributed by atoms with Crippen LogP contribution in [0.5, 0.6) is 0 Å². The van der Waals surface area contributed by atoms with Crippen molar-refractivity contribution in [2.45, 2.75) is 45.2 Å². The van der Waals surface area contributed by atoms with Crippen LogP contribution < -0.4 is 5.32 Å². The number of imidazole rings is 1. The maximum atomic E-state index is 11.6. The SMILES string of the molecule is Cc1cccc(C(NCc2nc3c(n2C)CCCC3)C(=O)O)c1. The summed E-state index contributed by atoms with van der Waals surface area (Å²) in [6.45, 7) is 2.42. The van der Waals surface area contributed by atoms with E-state index < -0.39 is 12.0 Å². The van der Waals surface area contributed by atoms with Gasteiger partial charge in [-0.25, -0.2) is 4.98 Å². The van der Waals surface area contributed by atoms with E-state index in [1.54, 1.807) is 0 Å². The Bertz CT molecular complexity index is 721. The normalized spacial score (nSPS) is 15.2. The number of benzene rings is 1. The molecule has 1 aromatic heterocycles. The molecule has 2 aromatic rings. The summed E-state index contributed by atoms with van der Waals surface area (Å²) in [7, 11) is 2.02. The van der Waals surface area contributed by atoms with Crippen molar-refractivity contribution >= 4 is 5.97 Å². The van der Waals surface area contributed by atoms with Crippen LogP contribution in [0.4, 0.5) is 0 Å². The average Bonchev–Trinajstić information content (AvgIpc) is 2.84. The lowest BCUT2D eigenvalue weighted by Crippen LogP contribution is -2.29. The van der Waals surface area contributed by atoms with E-state index >= 15 is 0 Å². The van der Waals surface area contributed by atoms with Gasteiger partial charge >= 0.3 is 5.97 Å². The van der Waals surface area contributed by atoms with Gasteiger partial charge in [0.25, 0.3) is 0 Å². The number of nitrogens with zero attached hydrogens (tertiary/aromatic N) is 2. The lowest BCUT2D eigenvalue weighted by Gasteiger charge is -2.16. The van der Waals surface area contributed by atoms with E-state index in [0.717, 1.165) is 29.8 Å². The van der Waals surface area contributed by atoms with Crippen LogP contribution in [0.1, 0.15) is 47.2 Å². The number of fused-ring (bicyclic) bond motifs is 1. The predicted octanol–water partition coefficient (Wildman–Crippen LogP) is 2.52. The first-order valence-corrected chi connectivity index (χ1v) is 8.12. The average molecular weight is 313 g/mol. The number of rotatable bonds is 5. The zero-order chi connectivity index (χ0) is 16.4. The Morgan fingerprint density at radius 1 is 1.39 bits per heavy atom. The lowest BCUT2D eigenvalue weighted by atomic mass is 10.0. The van der Waals surface area contributed by atoms with E-state index in [-0.39, 0.29) is 0 Å². The summed E-state index contributed by atoms with van der Waals surface area (Å²) in [5, 5.41) is 12.7. The largest absolute Gasteiger partial charge is 0.480 e. The van der Waals surface area contributed by atoms with Crippen molar-refractivity contribution in [3.63, 3.8) is 0 Å². The number of aliphatic carboxylic acids is 1. The summed E-state index contributed by atoms with van der Waals surface area (Å²) < 4.78 is 2.12. The van der Waals surface area contributed by atoms with Crippen molar-refractivity contribution in [2.24, 2.45) is 7.05 Å². The number of nitrogens with one attached hydrogen (secondary N) is 1. The molecule has 1 aliphatic carbocycles. The Labute approximate surface area is 136 Å². The fraction of sp³-hybridized carbons (Fsp3) is 0.444. The first kappa shape index (κ1) is 15.7. The van der Waals surface area contributed by atoms with Crippen LogP contribution in [-0.4, -0.2) is 20.6 Å². The molecule has 23 heavy (non-hydrogen) atoms. The Balaban J connectivity index is 1.77. The molecule has 0 radical (unpaired) electrons. The number of aryl methyl sites for hydroxylation is 2. The molecule has 0 amide bonds. The van der Waals surface area contributed by atoms with Crippen molar-refractivity contribution in [3.05, 3.63) is 52.6 Å². The second kappa shape index (κ2) is 6.54. The van der Waals surface area contributed by atoms with Gasteiger partial charge < -0.3 is 9.67 Å². The van der Waals surface area contributed by atoms with Gasteiger partial charge in [-0.15, -0.1) is 0 Å². The van der Waals surface area contributed by atoms with Crippen molar-refractivity contribution in [2.75, 3.05) is 0 Å². The van der Waals surface area contributed by atoms with E-state index in [2.05, 4.69) is 9.88 Å². The van der Waals surface area contributed by atoms with Crippen LogP contribution >= 0.6 is 0 Å². The van der Waals surface area contributed by atoms with E-state index in [4.69, 9.17) is 4.98 Å². The number of carbonyl (C=O) groups is 1. The van der Waals surface area contributed by atoms with Crippen LogP contribution in [0.25, 0.3) is 0 Å². The van der Waals surface area contributed by atoms with Gasteiger partial charge in [-0.2, -0.15) is 0 Å². The molecule has 0 bridgehead atoms. The van der Waals surface area contributed by atoms with Crippen molar-refractivity contribution in [1.82, 2.24) is 14.9 Å². The lowest BCUT2D eigenvalue weighted by molar-refractivity contribution is -0.139. The van der Waals surface area contributed by atoms with Crippen LogP contribution in [0.2, 0.25) is 0 Å². The van der Waals surface area contributed by atoms with E-state index in [1.165, 1.54) is 24.2 Å². The van der Waals surface area contributed by atoms with Gasteiger partial charge in [0, 0.05) is 12.7 Å². The van der Waals surface area contributed by atoms with Gasteiger partial charge in [0.2, 0.25) is 0 Å². The van der Waals surface area contributed by atoms with Gasteiger partial charge in [0.1, 0.15) is 11.9 Å². The predicted molar refractivity (Wildman–Crippen MR) is 88.2 cm³/mol. The number of carboxylic acids is 1. The summed E-state index contributed by atoms with van der Waals surface area (Å²) in [4.78, 5) is 16.3. The maximum Gasteiger partial charge on any atom is 0.325 e. The molecule has 1 aromatic carbocycles. The molecule has 0 spiro atoms. The van der Waals surface area contributed by atoms with Gasteiger partial charge in [0.15, 0.2) is 0 Å². The fourth-order valence-electron chi connectivity index (χ4n) is 3.29. The number of carboxylic acid groups (broad SMARTS) is 1. The summed E-state index contributed by atoms with van der Waals surface area (Å²) in [5.74, 6) is 0.0466. The molecule has 0 saturated heterocycles. The molecule has 1 unspecified atom stereocenters. The molecule has 3 rings (SSSR count). The third kappa shape index (κ3) is 3.29. The minimum Gasteiger partial charge on any atom is -0.480 e. The second-order valence-corrected chi connectivity index (χ2v) is 6.25. The maximum absolute atomic E-state index is 11.6. The number of hydrogen-bond donors (Lipinski definition) is 2. The Morgan fingerprint density at radius 2 is 2.17 bits per heavy atom. The van der Waals surface area contributed by atoms with Gasteiger partial charge in [0.05, 0.1) is 12.2 Å². The summed E-state index contributed by atoms with van der Waals surface area (Å²) in [6.07, 6.45) is 4.50. The van der Waals surface area contributed by atoms with Gasteiger partial charge in [-0.05, 0) is 38.2 Å². The molecule has 0 fully saturated rings. The summed E-state index contributed by atoms with van der Waals surface area (Å²) in [6, 6.07) is 6.90. The molecule has 122 valence electrons. The molecular weight excluding hydrogens is 290 g/mol. The topological polar surface area (TPSA) is 67.2 Å². The standard InChI is InChI=1S/C18H23N3O2/c1-12-6-5-7-13(10-12)17(18(22)23)19-11-16-20-14-8-3-4-9-15(14)21(16)2/h5-7,10,17,19H,3-4,8-9,11H2,1-2H3,(H,22,23). The fourth-order valence-corrected chi connectivity index (χ4v) is 3.29. The third-order valence-electron chi connectivity index (χ3n) is 4.55. The first-order valence-electron chi connectivity index (χ1n) is 8.12. The van der Waals surface area contributed by atoms with Crippen molar-refractivity contribution in [1.29, 1.82) is 0 Å². The molecular formula is C18H23N3O2. The van der Waals surface area contributed by atoms with Gasteiger partial charge in [-0.1, -0.05) is 29.8 Å². The van der Waals surface area contributed by atoms with Crippen molar-refractivity contribution in [3.8, 4) is 0 Å². The number of aromatic nitrogens is 2. The first-order chi connectivity index (χ1) is 11.1. The minimum atomic E-state index is -0.866.